The van der Waals surface area contributed by atoms with E-state index < -0.39 is 0 Å². The van der Waals surface area contributed by atoms with Gasteiger partial charge in [-0.05, 0) is 43.0 Å². The van der Waals surface area contributed by atoms with Crippen LogP contribution in [-0.2, 0) is 0 Å². The Morgan fingerprint density at radius 3 is 2.69 bits per heavy atom. The summed E-state index contributed by atoms with van der Waals surface area (Å²) in [5.41, 5.74) is 2.09. The number of carbonyl (C=O) groups is 1. The van der Waals surface area contributed by atoms with Gasteiger partial charge in [-0.15, -0.1) is 0 Å². The first-order valence-corrected chi connectivity index (χ1v) is 10.5. The lowest BCUT2D eigenvalue weighted by atomic mass is 9.91. The topological polar surface area (TPSA) is 54.7 Å². The molecule has 1 atom stereocenters. The highest BCUT2D eigenvalue weighted by Crippen LogP contribution is 2.34. The SMILES string of the molecule is O=C(NC1CCN(CC2CCOc3ccccc32)CC1)c1cc2ccccc2o1. The van der Waals surface area contributed by atoms with Crippen molar-refractivity contribution in [2.24, 2.45) is 0 Å². The summed E-state index contributed by atoms with van der Waals surface area (Å²) >= 11 is 0. The second-order valence-electron chi connectivity index (χ2n) is 8.07. The monoisotopic (exact) mass is 390 g/mol. The molecule has 29 heavy (non-hydrogen) atoms. The predicted octanol–water partition coefficient (Wildman–Crippen LogP) is 4.19. The molecule has 5 rings (SSSR count). The Hall–Kier alpha value is -2.79. The molecule has 0 bridgehead atoms. The quantitative estimate of drug-likeness (QED) is 0.726. The minimum Gasteiger partial charge on any atom is -0.493 e. The van der Waals surface area contributed by atoms with Crippen LogP contribution in [0.25, 0.3) is 11.0 Å². The Bertz CT molecular complexity index is 971. The van der Waals surface area contributed by atoms with Crippen LogP contribution >= 0.6 is 0 Å². The largest absolute Gasteiger partial charge is 0.493 e. The van der Waals surface area contributed by atoms with E-state index in [0.717, 1.165) is 62.2 Å². The van der Waals surface area contributed by atoms with Crippen LogP contribution in [-0.4, -0.2) is 43.1 Å². The van der Waals surface area contributed by atoms with Crippen molar-refractivity contribution in [3.63, 3.8) is 0 Å². The zero-order chi connectivity index (χ0) is 19.6. The lowest BCUT2D eigenvalue weighted by molar-refractivity contribution is 0.0881. The van der Waals surface area contributed by atoms with E-state index in [1.807, 2.05) is 36.4 Å². The third kappa shape index (κ3) is 3.87. The van der Waals surface area contributed by atoms with Gasteiger partial charge in [0.05, 0.1) is 6.61 Å². The second kappa shape index (κ2) is 7.91. The lowest BCUT2D eigenvalue weighted by Gasteiger charge is -2.36. The maximum absolute atomic E-state index is 12.6. The summed E-state index contributed by atoms with van der Waals surface area (Å²) in [5, 5.41) is 4.12. The molecule has 2 aromatic carbocycles. The molecule has 3 aromatic rings. The zero-order valence-electron chi connectivity index (χ0n) is 16.5. The summed E-state index contributed by atoms with van der Waals surface area (Å²) in [7, 11) is 0. The maximum Gasteiger partial charge on any atom is 0.287 e. The lowest BCUT2D eigenvalue weighted by Crippen LogP contribution is -2.45. The van der Waals surface area contributed by atoms with Crippen molar-refractivity contribution in [2.75, 3.05) is 26.2 Å². The van der Waals surface area contributed by atoms with Gasteiger partial charge in [-0.2, -0.15) is 0 Å². The Balaban J connectivity index is 1.15. The number of hydrogen-bond acceptors (Lipinski definition) is 4. The van der Waals surface area contributed by atoms with Crippen molar-refractivity contribution in [3.8, 4) is 5.75 Å². The normalized spacial score (nSPS) is 20.2. The van der Waals surface area contributed by atoms with Gasteiger partial charge < -0.3 is 19.4 Å². The highest BCUT2D eigenvalue weighted by atomic mass is 16.5. The van der Waals surface area contributed by atoms with Crippen molar-refractivity contribution in [2.45, 2.75) is 31.2 Å². The number of rotatable bonds is 4. The number of furan rings is 1. The number of piperidine rings is 1. The second-order valence-corrected chi connectivity index (χ2v) is 8.07. The number of carbonyl (C=O) groups excluding carboxylic acids is 1. The number of hydrogen-bond donors (Lipinski definition) is 1. The highest BCUT2D eigenvalue weighted by molar-refractivity contribution is 5.96. The number of fused-ring (bicyclic) bond motifs is 2. The number of amides is 1. The molecule has 0 radical (unpaired) electrons. The molecule has 0 spiro atoms. The van der Waals surface area contributed by atoms with Gasteiger partial charge in [0.1, 0.15) is 11.3 Å². The van der Waals surface area contributed by atoms with Gasteiger partial charge in [-0.25, -0.2) is 0 Å². The van der Waals surface area contributed by atoms with E-state index in [4.69, 9.17) is 9.15 Å². The summed E-state index contributed by atoms with van der Waals surface area (Å²) in [6.45, 7) is 3.87. The summed E-state index contributed by atoms with van der Waals surface area (Å²) in [4.78, 5) is 15.1. The Morgan fingerprint density at radius 1 is 1.03 bits per heavy atom. The molecule has 1 saturated heterocycles. The average molecular weight is 390 g/mol. The van der Waals surface area contributed by atoms with Gasteiger partial charge in [0.2, 0.25) is 0 Å². The van der Waals surface area contributed by atoms with E-state index in [1.54, 1.807) is 0 Å². The van der Waals surface area contributed by atoms with Crippen molar-refractivity contribution >= 4 is 16.9 Å². The number of ether oxygens (including phenoxy) is 1. The van der Waals surface area contributed by atoms with Crippen LogP contribution in [0.15, 0.2) is 59.0 Å². The number of nitrogens with one attached hydrogen (secondary N) is 1. The number of para-hydroxylation sites is 2. The van der Waals surface area contributed by atoms with Crippen molar-refractivity contribution < 1.29 is 13.9 Å². The van der Waals surface area contributed by atoms with Crippen LogP contribution in [0.3, 0.4) is 0 Å². The molecule has 0 saturated carbocycles. The fraction of sp³-hybridized carbons (Fsp3) is 0.375. The van der Waals surface area contributed by atoms with Crippen molar-refractivity contribution in [1.82, 2.24) is 10.2 Å². The summed E-state index contributed by atoms with van der Waals surface area (Å²) in [5.74, 6) is 1.85. The maximum atomic E-state index is 12.6. The predicted molar refractivity (Wildman–Crippen MR) is 112 cm³/mol. The highest BCUT2D eigenvalue weighted by Gasteiger charge is 2.27. The minimum atomic E-state index is -0.113. The van der Waals surface area contributed by atoms with Crippen LogP contribution in [0.1, 0.15) is 41.3 Å². The van der Waals surface area contributed by atoms with E-state index in [2.05, 4.69) is 28.4 Å². The van der Waals surface area contributed by atoms with E-state index in [0.29, 0.717) is 11.7 Å². The fourth-order valence-corrected chi connectivity index (χ4v) is 4.53. The summed E-state index contributed by atoms with van der Waals surface area (Å²) in [6, 6.07) is 18.1. The summed E-state index contributed by atoms with van der Waals surface area (Å²) < 4.78 is 11.5. The van der Waals surface area contributed by atoms with Gasteiger partial charge in [-0.1, -0.05) is 36.4 Å². The Kier molecular flexibility index (Phi) is 4.98. The number of nitrogens with zero attached hydrogens (tertiary/aromatic N) is 1. The fourth-order valence-electron chi connectivity index (χ4n) is 4.53. The molecular formula is C24H26N2O3. The molecule has 5 nitrogen and oxygen atoms in total. The molecule has 1 unspecified atom stereocenters. The molecule has 1 amide bonds. The Labute approximate surface area is 170 Å². The third-order valence-electron chi connectivity index (χ3n) is 6.13. The smallest absolute Gasteiger partial charge is 0.287 e. The van der Waals surface area contributed by atoms with Crippen LogP contribution in [0.5, 0.6) is 5.75 Å². The first kappa shape index (κ1) is 18.3. The summed E-state index contributed by atoms with van der Waals surface area (Å²) in [6.07, 6.45) is 3.01. The molecule has 5 heteroatoms. The van der Waals surface area contributed by atoms with Gasteiger partial charge in [0, 0.05) is 37.0 Å². The average Bonchev–Trinajstić information content (AvgIpc) is 3.20. The molecule has 1 N–H and O–H groups in total. The van der Waals surface area contributed by atoms with E-state index in [9.17, 15) is 4.79 Å². The molecule has 0 aliphatic carbocycles. The van der Waals surface area contributed by atoms with Crippen molar-refractivity contribution in [3.05, 3.63) is 65.9 Å². The van der Waals surface area contributed by atoms with Crippen LogP contribution in [0.4, 0.5) is 0 Å². The minimum absolute atomic E-state index is 0.113. The number of benzene rings is 2. The molecule has 1 fully saturated rings. The first-order valence-electron chi connectivity index (χ1n) is 10.5. The Morgan fingerprint density at radius 2 is 1.83 bits per heavy atom. The van der Waals surface area contributed by atoms with Gasteiger partial charge >= 0.3 is 0 Å². The molecule has 3 heterocycles. The van der Waals surface area contributed by atoms with Crippen molar-refractivity contribution in [1.29, 1.82) is 0 Å². The molecule has 150 valence electrons. The standard InChI is InChI=1S/C24H26N2O3/c27-24(23-15-17-5-1-3-7-21(17)29-23)25-19-9-12-26(13-10-19)16-18-11-14-28-22-8-4-2-6-20(18)22/h1-8,15,18-19H,9-14,16H2,(H,25,27). The molecule has 1 aromatic heterocycles. The molecule has 2 aliphatic rings. The van der Waals surface area contributed by atoms with E-state index in [-0.39, 0.29) is 11.9 Å². The van der Waals surface area contributed by atoms with E-state index >= 15 is 0 Å². The van der Waals surface area contributed by atoms with E-state index in [1.165, 1.54) is 5.56 Å². The van der Waals surface area contributed by atoms with Gasteiger partial charge in [0.25, 0.3) is 5.91 Å². The zero-order valence-corrected chi connectivity index (χ0v) is 16.5. The number of likely N-dealkylation sites (tertiary alicyclic amines) is 1. The van der Waals surface area contributed by atoms with Crippen LogP contribution < -0.4 is 10.1 Å². The van der Waals surface area contributed by atoms with Gasteiger partial charge in [0.15, 0.2) is 5.76 Å². The third-order valence-corrected chi connectivity index (χ3v) is 6.13. The van der Waals surface area contributed by atoms with Crippen LogP contribution in [0, 0.1) is 0 Å². The van der Waals surface area contributed by atoms with Gasteiger partial charge in [-0.3, -0.25) is 4.79 Å². The van der Waals surface area contributed by atoms with Crippen LogP contribution in [0.2, 0.25) is 0 Å². The first-order chi connectivity index (χ1) is 14.3. The molecule has 2 aliphatic heterocycles. The molecular weight excluding hydrogens is 364 g/mol.